The summed E-state index contributed by atoms with van der Waals surface area (Å²) in [7, 11) is 0. The van der Waals surface area contributed by atoms with Gasteiger partial charge in [0.15, 0.2) is 0 Å². The molecule has 0 amide bonds. The first-order chi connectivity index (χ1) is 10.3. The number of benzene rings is 1. The molecule has 0 aliphatic rings. The molecule has 1 N–H and O–H groups in total. The number of aromatic amines is 1. The van der Waals surface area contributed by atoms with Gasteiger partial charge in [0, 0.05) is 5.39 Å². The minimum absolute atomic E-state index is 0. The first-order valence-electron chi connectivity index (χ1n) is 8.29. The van der Waals surface area contributed by atoms with Gasteiger partial charge in [0.25, 0.3) is 5.56 Å². The summed E-state index contributed by atoms with van der Waals surface area (Å²) in [6.45, 7) is 2.25. The number of hydrogen-bond donors (Lipinski definition) is 1. The van der Waals surface area contributed by atoms with Gasteiger partial charge in [0.05, 0.1) is 11.1 Å². The Morgan fingerprint density at radius 1 is 0.909 bits per heavy atom. The zero-order valence-corrected chi connectivity index (χ0v) is 13.4. The van der Waals surface area contributed by atoms with Gasteiger partial charge < -0.3 is 0 Å². The van der Waals surface area contributed by atoms with Gasteiger partial charge in [0.2, 0.25) is 0 Å². The maximum Gasteiger partial charge on any atom is 0.272 e. The number of H-pyrrole nitrogens is 1. The number of rotatable bonds is 9. The van der Waals surface area contributed by atoms with Crippen LogP contribution in [0.4, 0.5) is 4.70 Å². The van der Waals surface area contributed by atoms with Gasteiger partial charge in [-0.1, -0.05) is 70.1 Å². The molecule has 0 bridgehead atoms. The molecule has 2 rings (SSSR count). The van der Waals surface area contributed by atoms with Gasteiger partial charge in [-0.25, -0.2) is 5.10 Å². The third-order valence-electron chi connectivity index (χ3n) is 4.04. The van der Waals surface area contributed by atoms with Gasteiger partial charge in [0.1, 0.15) is 0 Å². The normalized spacial score (nSPS) is 10.6. The predicted molar refractivity (Wildman–Crippen MR) is 91.2 cm³/mol. The molecule has 4 heteroatoms. The van der Waals surface area contributed by atoms with Crippen LogP contribution in [0.25, 0.3) is 10.8 Å². The summed E-state index contributed by atoms with van der Waals surface area (Å²) in [6.07, 6.45) is 11.4. The first-order valence-corrected chi connectivity index (χ1v) is 8.29. The lowest BCUT2D eigenvalue weighted by Crippen LogP contribution is -2.10. The Morgan fingerprint density at radius 3 is 2.18 bits per heavy atom. The van der Waals surface area contributed by atoms with Gasteiger partial charge in [-0.05, 0) is 18.9 Å². The lowest BCUT2D eigenvalue weighted by atomic mass is 10.0. The first kappa shape index (κ1) is 18.3. The summed E-state index contributed by atoms with van der Waals surface area (Å²) >= 11 is 0. The van der Waals surface area contributed by atoms with E-state index in [-0.39, 0.29) is 10.3 Å². The number of hydrogen-bond acceptors (Lipinski definition) is 2. The maximum absolute atomic E-state index is 11.7. The Kier molecular flexibility index (Phi) is 8.41. The van der Waals surface area contributed by atoms with Gasteiger partial charge in [-0.2, -0.15) is 5.10 Å². The van der Waals surface area contributed by atoms with Crippen LogP contribution in [0.2, 0.25) is 0 Å². The van der Waals surface area contributed by atoms with Crippen molar-refractivity contribution in [2.24, 2.45) is 0 Å². The second-order valence-corrected chi connectivity index (χ2v) is 5.77. The van der Waals surface area contributed by atoms with Crippen molar-refractivity contribution in [3.63, 3.8) is 0 Å². The summed E-state index contributed by atoms with van der Waals surface area (Å²) in [5.41, 5.74) is 0.932. The van der Waals surface area contributed by atoms with Crippen molar-refractivity contribution in [2.45, 2.75) is 64.7 Å². The molecular weight excluding hydrogens is 279 g/mol. The fourth-order valence-electron chi connectivity index (χ4n) is 2.79. The van der Waals surface area contributed by atoms with E-state index in [0.29, 0.717) is 0 Å². The summed E-state index contributed by atoms with van der Waals surface area (Å²) in [4.78, 5) is 11.7. The molecule has 0 aliphatic carbocycles. The van der Waals surface area contributed by atoms with Crippen molar-refractivity contribution in [1.82, 2.24) is 10.2 Å². The number of fused-ring (bicyclic) bond motifs is 1. The molecule has 122 valence electrons. The zero-order chi connectivity index (χ0) is 14.9. The average Bonchev–Trinajstić information content (AvgIpc) is 2.52. The quantitative estimate of drug-likeness (QED) is 0.679. The summed E-state index contributed by atoms with van der Waals surface area (Å²) < 4.78 is 0. The second kappa shape index (κ2) is 10.1. The molecular formula is C18H27FN2O. The number of unbranched alkanes of at least 4 members (excludes halogenated alkanes) is 7. The molecule has 0 unspecified atom stereocenters. The highest BCUT2D eigenvalue weighted by atomic mass is 19.0. The number of halogens is 1. The standard InChI is InChI=1S/C18H26N2O.FH/c1-2-3-4-5-6-7-8-9-14-17-15-12-10-11-13-16(15)18(21)20-19-17;/h10-13H,2-9,14H2,1H3,(H,20,21);1H. The van der Waals surface area contributed by atoms with Crippen molar-refractivity contribution in [3.8, 4) is 0 Å². The summed E-state index contributed by atoms with van der Waals surface area (Å²) in [6, 6.07) is 7.74. The highest BCUT2D eigenvalue weighted by Crippen LogP contribution is 2.16. The fourth-order valence-corrected chi connectivity index (χ4v) is 2.79. The predicted octanol–water partition coefficient (Wildman–Crippen LogP) is 4.76. The van der Waals surface area contributed by atoms with Crippen molar-refractivity contribution in [1.29, 1.82) is 0 Å². The Hall–Kier alpha value is -1.71. The summed E-state index contributed by atoms with van der Waals surface area (Å²) in [5.74, 6) is 0. The topological polar surface area (TPSA) is 45.8 Å². The van der Waals surface area contributed by atoms with Crippen molar-refractivity contribution in [3.05, 3.63) is 40.3 Å². The van der Waals surface area contributed by atoms with E-state index in [4.69, 9.17) is 0 Å². The Balaban J connectivity index is 0.00000242. The van der Waals surface area contributed by atoms with E-state index < -0.39 is 0 Å². The SMILES string of the molecule is CCCCCCCCCCc1n[nH]c(=O)c2ccccc12.F. The third-order valence-corrected chi connectivity index (χ3v) is 4.04. The minimum Gasteiger partial charge on any atom is -0.269 e. The van der Waals surface area contributed by atoms with Crippen molar-refractivity contribution in [2.75, 3.05) is 0 Å². The fraction of sp³-hybridized carbons (Fsp3) is 0.556. The van der Waals surface area contributed by atoms with Crippen LogP contribution in [0.15, 0.2) is 29.1 Å². The van der Waals surface area contributed by atoms with Crippen LogP contribution in [0, 0.1) is 0 Å². The monoisotopic (exact) mass is 306 g/mol. The van der Waals surface area contributed by atoms with Crippen LogP contribution >= 0.6 is 0 Å². The Bertz CT molecular complexity index is 609. The molecule has 1 heterocycles. The van der Waals surface area contributed by atoms with Crippen LogP contribution < -0.4 is 5.56 Å². The lowest BCUT2D eigenvalue weighted by Gasteiger charge is -2.05. The molecule has 1 aromatic heterocycles. The van der Waals surface area contributed by atoms with Crippen LogP contribution in [0.5, 0.6) is 0 Å². The van der Waals surface area contributed by atoms with E-state index in [1.807, 2.05) is 24.3 Å². The molecule has 0 fully saturated rings. The van der Waals surface area contributed by atoms with E-state index in [2.05, 4.69) is 17.1 Å². The van der Waals surface area contributed by atoms with Gasteiger partial charge in [-0.3, -0.25) is 9.50 Å². The Morgan fingerprint density at radius 2 is 1.50 bits per heavy atom. The second-order valence-electron chi connectivity index (χ2n) is 5.77. The van der Waals surface area contributed by atoms with Gasteiger partial charge in [-0.15, -0.1) is 0 Å². The van der Waals surface area contributed by atoms with Crippen LogP contribution in [-0.4, -0.2) is 10.2 Å². The van der Waals surface area contributed by atoms with E-state index in [9.17, 15) is 4.79 Å². The number of aryl methyl sites for hydroxylation is 1. The number of aromatic nitrogens is 2. The molecule has 0 radical (unpaired) electrons. The van der Waals surface area contributed by atoms with Crippen LogP contribution in [0.3, 0.4) is 0 Å². The molecule has 0 aliphatic heterocycles. The molecule has 22 heavy (non-hydrogen) atoms. The van der Waals surface area contributed by atoms with E-state index in [0.717, 1.165) is 29.3 Å². The molecule has 0 atom stereocenters. The lowest BCUT2D eigenvalue weighted by molar-refractivity contribution is 0.573. The maximum atomic E-state index is 11.7. The van der Waals surface area contributed by atoms with E-state index >= 15 is 0 Å². The van der Waals surface area contributed by atoms with E-state index in [1.54, 1.807) is 0 Å². The highest BCUT2D eigenvalue weighted by Gasteiger charge is 2.05. The number of nitrogens with zero attached hydrogens (tertiary/aromatic N) is 1. The molecule has 0 saturated carbocycles. The third kappa shape index (κ3) is 5.24. The molecule has 1 aromatic carbocycles. The van der Waals surface area contributed by atoms with Crippen LogP contribution in [-0.2, 0) is 6.42 Å². The van der Waals surface area contributed by atoms with Gasteiger partial charge >= 0.3 is 0 Å². The highest BCUT2D eigenvalue weighted by molar-refractivity contribution is 5.83. The molecule has 0 spiro atoms. The Labute approximate surface area is 131 Å². The number of nitrogens with one attached hydrogen (secondary N) is 1. The van der Waals surface area contributed by atoms with E-state index in [1.165, 1.54) is 44.9 Å². The average molecular weight is 306 g/mol. The minimum atomic E-state index is -0.0923. The molecule has 0 saturated heterocycles. The smallest absolute Gasteiger partial charge is 0.269 e. The molecule has 2 aromatic rings. The largest absolute Gasteiger partial charge is 0.272 e. The summed E-state index contributed by atoms with van der Waals surface area (Å²) in [5, 5.41) is 8.60. The van der Waals surface area contributed by atoms with Crippen molar-refractivity contribution < 1.29 is 4.70 Å². The zero-order valence-electron chi connectivity index (χ0n) is 13.4. The van der Waals surface area contributed by atoms with Crippen LogP contribution in [0.1, 0.15) is 64.0 Å². The van der Waals surface area contributed by atoms with Crippen molar-refractivity contribution >= 4 is 10.8 Å². The molecule has 3 nitrogen and oxygen atoms in total.